The summed E-state index contributed by atoms with van der Waals surface area (Å²) in [6, 6.07) is -0.314. The van der Waals surface area contributed by atoms with Gasteiger partial charge in [-0.05, 0) is 12.8 Å². The number of hydrogen-bond donors (Lipinski definition) is 3. The number of nitrogens with two attached hydrogens (primary N) is 2. The van der Waals surface area contributed by atoms with Crippen LogP contribution in [0.15, 0.2) is 0 Å². The summed E-state index contributed by atoms with van der Waals surface area (Å²) in [7, 11) is 0. The molecule has 4 heteroatoms. The molecule has 0 saturated carbocycles. The summed E-state index contributed by atoms with van der Waals surface area (Å²) in [5.41, 5.74) is 11.1. The van der Waals surface area contributed by atoms with Gasteiger partial charge in [0.25, 0.3) is 0 Å². The Morgan fingerprint density at radius 2 is 2.07 bits per heavy atom. The number of carbonyl (C=O) groups is 1. The van der Waals surface area contributed by atoms with Gasteiger partial charge >= 0.3 is 0 Å². The van der Waals surface area contributed by atoms with Crippen molar-refractivity contribution in [1.29, 1.82) is 0 Å². The van der Waals surface area contributed by atoms with E-state index in [1.54, 1.807) is 0 Å². The summed E-state index contributed by atoms with van der Waals surface area (Å²) in [4.78, 5) is 11.4. The van der Waals surface area contributed by atoms with E-state index >= 15 is 0 Å². The van der Waals surface area contributed by atoms with Crippen molar-refractivity contribution < 1.29 is 4.79 Å². The highest BCUT2D eigenvalue weighted by molar-refractivity contribution is 5.81. The monoisotopic (exact) mass is 201 g/mol. The number of rotatable bonds is 7. The van der Waals surface area contributed by atoms with E-state index < -0.39 is 6.04 Å². The van der Waals surface area contributed by atoms with Crippen molar-refractivity contribution in [3.63, 3.8) is 0 Å². The molecular formula is C10H23N3O. The fourth-order valence-corrected chi connectivity index (χ4v) is 1.19. The zero-order valence-electron chi connectivity index (χ0n) is 9.25. The minimum Gasteiger partial charge on any atom is -0.351 e. The van der Waals surface area contributed by atoms with Crippen molar-refractivity contribution in [3.8, 4) is 0 Å². The summed E-state index contributed by atoms with van der Waals surface area (Å²) in [5, 5.41) is 2.86. The molecule has 5 N–H and O–H groups in total. The highest BCUT2D eigenvalue weighted by Gasteiger charge is 2.14. The van der Waals surface area contributed by atoms with Crippen molar-refractivity contribution in [1.82, 2.24) is 5.32 Å². The van der Waals surface area contributed by atoms with Crippen molar-refractivity contribution in [2.45, 2.75) is 51.6 Å². The summed E-state index contributed by atoms with van der Waals surface area (Å²) < 4.78 is 0. The molecular weight excluding hydrogens is 178 g/mol. The van der Waals surface area contributed by atoms with Crippen LogP contribution in [0.2, 0.25) is 0 Å². The minimum absolute atomic E-state index is 0.0834. The van der Waals surface area contributed by atoms with Gasteiger partial charge in [-0.25, -0.2) is 0 Å². The fraction of sp³-hybridized carbons (Fsp3) is 0.900. The van der Waals surface area contributed by atoms with Gasteiger partial charge in [-0.2, -0.15) is 0 Å². The molecule has 0 bridgehead atoms. The number of carbonyl (C=O) groups excluding carboxylic acids is 1. The van der Waals surface area contributed by atoms with Crippen molar-refractivity contribution in [3.05, 3.63) is 0 Å². The Bertz CT molecular complexity index is 161. The molecule has 2 atom stereocenters. The molecule has 0 aliphatic heterocycles. The van der Waals surface area contributed by atoms with Gasteiger partial charge in [0.15, 0.2) is 0 Å². The quantitative estimate of drug-likeness (QED) is 0.556. The molecule has 0 saturated heterocycles. The van der Waals surface area contributed by atoms with Crippen LogP contribution >= 0.6 is 0 Å². The molecule has 84 valence electrons. The van der Waals surface area contributed by atoms with E-state index in [4.69, 9.17) is 11.5 Å². The molecule has 0 aliphatic rings. The second-order valence-corrected chi connectivity index (χ2v) is 3.60. The zero-order chi connectivity index (χ0) is 11.0. The van der Waals surface area contributed by atoms with Gasteiger partial charge in [0, 0.05) is 12.6 Å². The Hall–Kier alpha value is -0.610. The molecule has 1 amide bonds. The average Bonchev–Trinajstić information content (AvgIpc) is 2.22. The lowest BCUT2D eigenvalue weighted by molar-refractivity contribution is -0.123. The molecule has 0 spiro atoms. The largest absolute Gasteiger partial charge is 0.351 e. The number of unbranched alkanes of at least 4 members (excludes halogenated alkanes) is 1. The number of amides is 1. The third kappa shape index (κ3) is 5.19. The molecule has 4 nitrogen and oxygen atoms in total. The summed E-state index contributed by atoms with van der Waals surface area (Å²) in [6.07, 6.45) is 3.81. The number of hydrogen-bond acceptors (Lipinski definition) is 3. The normalized spacial score (nSPS) is 14.9. The maximum absolute atomic E-state index is 11.4. The Morgan fingerprint density at radius 3 is 2.50 bits per heavy atom. The van der Waals surface area contributed by atoms with Gasteiger partial charge in [0.2, 0.25) is 5.91 Å². The van der Waals surface area contributed by atoms with Crippen LogP contribution in [0, 0.1) is 0 Å². The lowest BCUT2D eigenvalue weighted by Gasteiger charge is -2.18. The second kappa shape index (κ2) is 7.76. The predicted molar refractivity (Wildman–Crippen MR) is 58.8 cm³/mol. The van der Waals surface area contributed by atoms with Crippen molar-refractivity contribution in [2.75, 3.05) is 6.54 Å². The van der Waals surface area contributed by atoms with Crippen LogP contribution in [0.3, 0.4) is 0 Å². The van der Waals surface area contributed by atoms with Crippen LogP contribution in [0.1, 0.15) is 39.5 Å². The highest BCUT2D eigenvalue weighted by Crippen LogP contribution is 1.99. The molecule has 0 aliphatic carbocycles. The maximum atomic E-state index is 11.4. The third-order valence-electron chi connectivity index (χ3n) is 2.31. The third-order valence-corrected chi connectivity index (χ3v) is 2.31. The van der Waals surface area contributed by atoms with E-state index in [0.717, 1.165) is 19.3 Å². The molecule has 0 heterocycles. The standard InChI is InChI=1S/C10H23N3O/c1-3-5-6-8(7-11)13-10(14)9(12)4-2/h8-9H,3-7,11-12H2,1-2H3,(H,13,14)/t8?,9-/m0/s1. The van der Waals surface area contributed by atoms with Crippen molar-refractivity contribution >= 4 is 5.91 Å². The molecule has 0 rings (SSSR count). The SMILES string of the molecule is CCCCC(CN)NC(=O)[C@@H](N)CC. The van der Waals surface area contributed by atoms with Crippen LogP contribution < -0.4 is 16.8 Å². The molecule has 0 aromatic heterocycles. The molecule has 0 aromatic carbocycles. The van der Waals surface area contributed by atoms with Crippen molar-refractivity contribution in [2.24, 2.45) is 11.5 Å². The lowest BCUT2D eigenvalue weighted by atomic mass is 10.1. The first kappa shape index (κ1) is 13.4. The van der Waals surface area contributed by atoms with Gasteiger partial charge in [-0.15, -0.1) is 0 Å². The fourth-order valence-electron chi connectivity index (χ4n) is 1.19. The summed E-state index contributed by atoms with van der Waals surface area (Å²) in [5.74, 6) is -0.0842. The van der Waals surface area contributed by atoms with Crippen LogP contribution in [0.5, 0.6) is 0 Å². The molecule has 0 radical (unpaired) electrons. The Labute approximate surface area is 86.4 Å². The maximum Gasteiger partial charge on any atom is 0.237 e. The van der Waals surface area contributed by atoms with E-state index in [1.807, 2.05) is 6.92 Å². The van der Waals surface area contributed by atoms with Gasteiger partial charge in [0.05, 0.1) is 6.04 Å². The Kier molecular flexibility index (Phi) is 7.42. The van der Waals surface area contributed by atoms with Crippen LogP contribution in [0.4, 0.5) is 0 Å². The minimum atomic E-state index is -0.398. The molecule has 14 heavy (non-hydrogen) atoms. The van der Waals surface area contributed by atoms with Crippen LogP contribution in [0.25, 0.3) is 0 Å². The highest BCUT2D eigenvalue weighted by atomic mass is 16.2. The predicted octanol–water partition coefficient (Wildman–Crippen LogP) is 0.357. The Morgan fingerprint density at radius 1 is 1.43 bits per heavy atom. The average molecular weight is 201 g/mol. The lowest BCUT2D eigenvalue weighted by Crippen LogP contribution is -2.47. The zero-order valence-corrected chi connectivity index (χ0v) is 9.25. The number of nitrogens with one attached hydrogen (secondary N) is 1. The first-order valence-electron chi connectivity index (χ1n) is 5.41. The van der Waals surface area contributed by atoms with Crippen LogP contribution in [-0.4, -0.2) is 24.5 Å². The van der Waals surface area contributed by atoms with E-state index in [1.165, 1.54) is 0 Å². The van der Waals surface area contributed by atoms with Gasteiger partial charge < -0.3 is 16.8 Å². The topological polar surface area (TPSA) is 81.1 Å². The van der Waals surface area contributed by atoms with Crippen LogP contribution in [-0.2, 0) is 4.79 Å². The smallest absolute Gasteiger partial charge is 0.237 e. The van der Waals surface area contributed by atoms with E-state index in [0.29, 0.717) is 13.0 Å². The summed E-state index contributed by atoms with van der Waals surface area (Å²) in [6.45, 7) is 4.50. The second-order valence-electron chi connectivity index (χ2n) is 3.60. The molecule has 0 aromatic rings. The van der Waals surface area contributed by atoms with E-state index in [-0.39, 0.29) is 11.9 Å². The van der Waals surface area contributed by atoms with Gasteiger partial charge in [0.1, 0.15) is 0 Å². The molecule has 0 fully saturated rings. The summed E-state index contributed by atoms with van der Waals surface area (Å²) >= 11 is 0. The first-order chi connectivity index (χ1) is 6.65. The van der Waals surface area contributed by atoms with Gasteiger partial charge in [-0.3, -0.25) is 4.79 Å². The Balaban J connectivity index is 3.85. The first-order valence-corrected chi connectivity index (χ1v) is 5.41. The van der Waals surface area contributed by atoms with Gasteiger partial charge in [-0.1, -0.05) is 26.7 Å². The van der Waals surface area contributed by atoms with E-state index in [9.17, 15) is 4.79 Å². The van der Waals surface area contributed by atoms with E-state index in [2.05, 4.69) is 12.2 Å². The molecule has 1 unspecified atom stereocenters.